The second kappa shape index (κ2) is 5.72. The number of pyridine rings is 1. The molecule has 0 saturated carbocycles. The van der Waals surface area contributed by atoms with Crippen LogP contribution >= 0.6 is 0 Å². The summed E-state index contributed by atoms with van der Waals surface area (Å²) in [6, 6.07) is 1.69. The zero-order valence-corrected chi connectivity index (χ0v) is 14.5. The van der Waals surface area contributed by atoms with Crippen LogP contribution in [-0.4, -0.2) is 33.3 Å². The van der Waals surface area contributed by atoms with Crippen molar-refractivity contribution < 1.29 is 9.31 Å². The Morgan fingerprint density at radius 3 is 2.46 bits per heavy atom. The monoisotopic (exact) mass is 328 g/mol. The summed E-state index contributed by atoms with van der Waals surface area (Å²) in [5.74, 6) is 0.546. The van der Waals surface area contributed by atoms with Crippen molar-refractivity contribution in [3.63, 3.8) is 0 Å². The number of rotatable bonds is 3. The Bertz CT molecular complexity index is 789. The maximum atomic E-state index is 12.2. The fourth-order valence-corrected chi connectivity index (χ4v) is 2.50. The van der Waals surface area contributed by atoms with Gasteiger partial charge in [0.1, 0.15) is 17.8 Å². The first-order valence-electron chi connectivity index (χ1n) is 7.82. The van der Waals surface area contributed by atoms with Crippen molar-refractivity contribution in [3.8, 4) is 0 Å². The second-order valence-corrected chi connectivity index (χ2v) is 6.88. The van der Waals surface area contributed by atoms with Crippen LogP contribution in [0.15, 0.2) is 29.6 Å². The molecule has 3 rings (SSSR count). The molecular formula is C16H21BN4O3. The first-order valence-corrected chi connectivity index (χ1v) is 7.82. The van der Waals surface area contributed by atoms with Gasteiger partial charge in [0, 0.05) is 17.9 Å². The zero-order chi connectivity index (χ0) is 17.5. The van der Waals surface area contributed by atoms with E-state index in [1.807, 2.05) is 34.6 Å². The van der Waals surface area contributed by atoms with E-state index in [-0.39, 0.29) is 5.56 Å². The Morgan fingerprint density at radius 1 is 1.21 bits per heavy atom. The molecule has 0 unspecified atom stereocenters. The molecule has 0 atom stereocenters. The van der Waals surface area contributed by atoms with E-state index in [2.05, 4.69) is 20.3 Å². The van der Waals surface area contributed by atoms with Gasteiger partial charge < -0.3 is 19.6 Å². The molecule has 1 fully saturated rings. The lowest BCUT2D eigenvalue weighted by atomic mass is 9.77. The molecule has 1 saturated heterocycles. The van der Waals surface area contributed by atoms with Gasteiger partial charge in [0.15, 0.2) is 0 Å². The van der Waals surface area contributed by atoms with Gasteiger partial charge in [0.25, 0.3) is 5.56 Å². The smallest absolute Gasteiger partial charge is 0.399 e. The van der Waals surface area contributed by atoms with E-state index in [0.717, 1.165) is 11.0 Å². The van der Waals surface area contributed by atoms with E-state index in [1.165, 1.54) is 6.33 Å². The average Bonchev–Trinajstić information content (AvgIpc) is 2.72. The van der Waals surface area contributed by atoms with Gasteiger partial charge in [-0.05, 0) is 46.2 Å². The SMILES string of the molecule is Cc1c(B2OC(C)(C)C(C)(C)O2)c[nH]c(=O)c1Nc1ccncn1. The molecule has 24 heavy (non-hydrogen) atoms. The topological polar surface area (TPSA) is 89.1 Å². The third kappa shape index (κ3) is 2.83. The number of nitrogens with zero attached hydrogens (tertiary/aromatic N) is 2. The van der Waals surface area contributed by atoms with Crippen LogP contribution in [0, 0.1) is 6.92 Å². The molecule has 0 radical (unpaired) electrons. The highest BCUT2D eigenvalue weighted by Crippen LogP contribution is 2.36. The molecule has 2 N–H and O–H groups in total. The highest BCUT2D eigenvalue weighted by molar-refractivity contribution is 6.62. The molecule has 0 bridgehead atoms. The summed E-state index contributed by atoms with van der Waals surface area (Å²) in [7, 11) is -0.544. The van der Waals surface area contributed by atoms with Gasteiger partial charge in [-0.2, -0.15) is 0 Å². The molecule has 8 heteroatoms. The van der Waals surface area contributed by atoms with E-state index in [4.69, 9.17) is 9.31 Å². The van der Waals surface area contributed by atoms with E-state index in [0.29, 0.717) is 11.5 Å². The molecule has 0 aliphatic carbocycles. The zero-order valence-electron chi connectivity index (χ0n) is 14.5. The highest BCUT2D eigenvalue weighted by atomic mass is 16.7. The molecule has 0 aromatic carbocycles. The van der Waals surface area contributed by atoms with E-state index in [9.17, 15) is 4.79 Å². The van der Waals surface area contributed by atoms with E-state index in [1.54, 1.807) is 18.5 Å². The first kappa shape index (κ1) is 16.7. The summed E-state index contributed by atoms with van der Waals surface area (Å²) >= 11 is 0. The predicted octanol–water partition coefficient (Wildman–Crippen LogP) is 1.52. The van der Waals surface area contributed by atoms with Gasteiger partial charge in [-0.15, -0.1) is 0 Å². The standard InChI is InChI=1S/C16H21BN4O3/c1-10-11(17-23-15(2,3)16(4,5)24-17)8-19-14(22)13(10)21-12-6-7-18-9-20-12/h6-9H,1-5H3,(H,19,22)(H,18,20,21). The fourth-order valence-electron chi connectivity index (χ4n) is 2.50. The van der Waals surface area contributed by atoms with Gasteiger partial charge in [-0.3, -0.25) is 4.79 Å². The summed E-state index contributed by atoms with van der Waals surface area (Å²) in [5.41, 5.74) is 0.842. The first-order chi connectivity index (χ1) is 11.2. The number of hydrogen-bond donors (Lipinski definition) is 2. The third-order valence-corrected chi connectivity index (χ3v) is 4.74. The van der Waals surface area contributed by atoms with Crippen molar-refractivity contribution in [1.29, 1.82) is 0 Å². The molecule has 0 amide bonds. The highest BCUT2D eigenvalue weighted by Gasteiger charge is 2.52. The predicted molar refractivity (Wildman–Crippen MR) is 92.8 cm³/mol. The number of anilines is 2. The number of hydrogen-bond acceptors (Lipinski definition) is 6. The van der Waals surface area contributed by atoms with Crippen LogP contribution in [0.4, 0.5) is 11.5 Å². The molecule has 7 nitrogen and oxygen atoms in total. The van der Waals surface area contributed by atoms with Gasteiger partial charge >= 0.3 is 7.12 Å². The van der Waals surface area contributed by atoms with E-state index >= 15 is 0 Å². The van der Waals surface area contributed by atoms with Gasteiger partial charge in [-0.1, -0.05) is 0 Å². The minimum Gasteiger partial charge on any atom is -0.399 e. The van der Waals surface area contributed by atoms with Crippen LogP contribution in [0.3, 0.4) is 0 Å². The van der Waals surface area contributed by atoms with Crippen LogP contribution < -0.4 is 16.3 Å². The lowest BCUT2D eigenvalue weighted by molar-refractivity contribution is 0.00578. The molecule has 3 heterocycles. The number of nitrogens with one attached hydrogen (secondary N) is 2. The lowest BCUT2D eigenvalue weighted by Crippen LogP contribution is -2.41. The van der Waals surface area contributed by atoms with Crippen molar-refractivity contribution in [2.45, 2.75) is 45.8 Å². The quantitative estimate of drug-likeness (QED) is 0.831. The van der Waals surface area contributed by atoms with Crippen molar-refractivity contribution in [1.82, 2.24) is 15.0 Å². The Hall–Kier alpha value is -2.19. The number of aromatic nitrogens is 3. The van der Waals surface area contributed by atoms with Crippen LogP contribution in [0.25, 0.3) is 0 Å². The maximum absolute atomic E-state index is 12.2. The van der Waals surface area contributed by atoms with E-state index < -0.39 is 18.3 Å². The third-order valence-electron chi connectivity index (χ3n) is 4.74. The Balaban J connectivity index is 1.97. The Labute approximate surface area is 141 Å². The van der Waals surface area contributed by atoms with Gasteiger partial charge in [-0.25, -0.2) is 9.97 Å². The van der Waals surface area contributed by atoms with Crippen LogP contribution in [0.5, 0.6) is 0 Å². The normalized spacial score (nSPS) is 18.6. The summed E-state index contributed by atoms with van der Waals surface area (Å²) < 4.78 is 12.2. The van der Waals surface area contributed by atoms with Crippen LogP contribution in [0.1, 0.15) is 33.3 Å². The van der Waals surface area contributed by atoms with Crippen molar-refractivity contribution in [2.24, 2.45) is 0 Å². The molecule has 1 aliphatic heterocycles. The molecule has 126 valence electrons. The second-order valence-electron chi connectivity index (χ2n) is 6.88. The van der Waals surface area contributed by atoms with Gasteiger partial charge in [0.05, 0.1) is 11.2 Å². The molecule has 2 aromatic heterocycles. The summed E-state index contributed by atoms with van der Waals surface area (Å²) in [4.78, 5) is 22.9. The van der Waals surface area contributed by atoms with Crippen molar-refractivity contribution in [3.05, 3.63) is 40.7 Å². The molecule has 1 aliphatic rings. The number of H-pyrrole nitrogens is 1. The molecule has 2 aromatic rings. The Morgan fingerprint density at radius 2 is 1.88 bits per heavy atom. The van der Waals surface area contributed by atoms with Crippen molar-refractivity contribution >= 4 is 24.1 Å². The fraction of sp³-hybridized carbons (Fsp3) is 0.438. The summed E-state index contributed by atoms with van der Waals surface area (Å²) in [5, 5.41) is 3.04. The van der Waals surface area contributed by atoms with Crippen LogP contribution in [0.2, 0.25) is 0 Å². The molecule has 0 spiro atoms. The summed E-state index contributed by atoms with van der Waals surface area (Å²) in [6.45, 7) is 9.84. The maximum Gasteiger partial charge on any atom is 0.496 e. The van der Waals surface area contributed by atoms with Crippen molar-refractivity contribution in [2.75, 3.05) is 5.32 Å². The van der Waals surface area contributed by atoms with Gasteiger partial charge in [0.2, 0.25) is 0 Å². The van der Waals surface area contributed by atoms with Crippen LogP contribution in [-0.2, 0) is 9.31 Å². The Kier molecular flexibility index (Phi) is 3.97. The molecular weight excluding hydrogens is 307 g/mol. The largest absolute Gasteiger partial charge is 0.496 e. The minimum absolute atomic E-state index is 0.230. The average molecular weight is 328 g/mol. The lowest BCUT2D eigenvalue weighted by Gasteiger charge is -2.32. The summed E-state index contributed by atoms with van der Waals surface area (Å²) in [6.07, 6.45) is 4.67. The minimum atomic E-state index is -0.544. The number of aromatic amines is 1.